The van der Waals surface area contributed by atoms with E-state index in [1.54, 1.807) is 30.3 Å². The molecule has 1 fully saturated rings. The highest BCUT2D eigenvalue weighted by atomic mass is 19.4. The van der Waals surface area contributed by atoms with E-state index in [4.69, 9.17) is 9.84 Å². The van der Waals surface area contributed by atoms with E-state index >= 15 is 0 Å². The van der Waals surface area contributed by atoms with Crippen molar-refractivity contribution in [1.29, 1.82) is 0 Å². The van der Waals surface area contributed by atoms with Crippen molar-refractivity contribution in [3.8, 4) is 11.5 Å². The maximum atomic E-state index is 12.7. The minimum absolute atomic E-state index is 0.0139. The normalized spacial score (nSPS) is 14.3. The van der Waals surface area contributed by atoms with E-state index in [0.29, 0.717) is 23.7 Å². The molecule has 0 aromatic heterocycles. The van der Waals surface area contributed by atoms with E-state index in [-0.39, 0.29) is 25.3 Å². The first kappa shape index (κ1) is 24.4. The molecule has 0 heterocycles. The number of amides is 2. The molecule has 178 valence electrons. The van der Waals surface area contributed by atoms with Gasteiger partial charge in [0.05, 0.1) is 13.2 Å². The molecule has 1 saturated carbocycles. The van der Waals surface area contributed by atoms with Crippen LogP contribution >= 0.6 is 0 Å². The lowest BCUT2D eigenvalue weighted by molar-refractivity contribution is -0.274. The molecule has 1 atom stereocenters. The number of aliphatic hydroxyl groups is 1. The van der Waals surface area contributed by atoms with Crippen LogP contribution in [0, 0.1) is 5.92 Å². The van der Waals surface area contributed by atoms with Crippen LogP contribution < -0.4 is 20.1 Å². The molecular weight excluding hydrogens is 441 g/mol. The molecule has 0 spiro atoms. The minimum Gasteiger partial charge on any atom is -0.493 e. The van der Waals surface area contributed by atoms with E-state index < -0.39 is 30.0 Å². The van der Waals surface area contributed by atoms with Gasteiger partial charge < -0.3 is 25.2 Å². The van der Waals surface area contributed by atoms with Gasteiger partial charge >= 0.3 is 6.36 Å². The third-order valence-electron chi connectivity index (χ3n) is 4.94. The largest absolute Gasteiger partial charge is 0.573 e. The first-order chi connectivity index (χ1) is 15.7. The number of benzene rings is 2. The third-order valence-corrected chi connectivity index (χ3v) is 4.94. The van der Waals surface area contributed by atoms with Crippen LogP contribution in [0.2, 0.25) is 0 Å². The lowest BCUT2D eigenvalue weighted by Gasteiger charge is -2.21. The molecule has 0 aliphatic heterocycles. The van der Waals surface area contributed by atoms with E-state index in [0.717, 1.165) is 25.0 Å². The van der Waals surface area contributed by atoms with Crippen molar-refractivity contribution in [3.05, 3.63) is 59.7 Å². The molecule has 1 aliphatic rings. The number of nitrogens with one attached hydrogen (secondary N) is 2. The van der Waals surface area contributed by atoms with E-state index in [1.807, 2.05) is 0 Å². The zero-order chi connectivity index (χ0) is 23.8. The first-order valence-corrected chi connectivity index (χ1v) is 10.5. The molecule has 2 amide bonds. The third kappa shape index (κ3) is 7.98. The fourth-order valence-corrected chi connectivity index (χ4v) is 3.09. The molecule has 2 aromatic carbocycles. The van der Waals surface area contributed by atoms with Crippen molar-refractivity contribution in [2.45, 2.75) is 31.7 Å². The van der Waals surface area contributed by atoms with Crippen molar-refractivity contribution in [2.24, 2.45) is 5.92 Å². The van der Waals surface area contributed by atoms with Gasteiger partial charge in [-0.05, 0) is 42.5 Å². The zero-order valence-electron chi connectivity index (χ0n) is 17.7. The average Bonchev–Trinajstić information content (AvgIpc) is 3.61. The molecule has 0 saturated heterocycles. The number of hydrogen-bond donors (Lipinski definition) is 3. The second kappa shape index (κ2) is 11.0. The monoisotopic (exact) mass is 466 g/mol. The molecule has 1 aliphatic carbocycles. The predicted molar refractivity (Wildman–Crippen MR) is 113 cm³/mol. The van der Waals surface area contributed by atoms with Gasteiger partial charge in [0, 0.05) is 24.6 Å². The average molecular weight is 466 g/mol. The predicted octanol–water partition coefficient (Wildman–Crippen LogP) is 2.82. The van der Waals surface area contributed by atoms with E-state index in [9.17, 15) is 22.8 Å². The molecule has 0 radical (unpaired) electrons. The Bertz CT molecular complexity index is 949. The van der Waals surface area contributed by atoms with Gasteiger partial charge in [-0.2, -0.15) is 0 Å². The number of rotatable bonds is 11. The molecule has 1 unspecified atom stereocenters. The minimum atomic E-state index is -4.86. The molecule has 3 rings (SSSR count). The summed E-state index contributed by atoms with van der Waals surface area (Å²) in [5.74, 6) is -0.981. The smallest absolute Gasteiger partial charge is 0.493 e. The quantitative estimate of drug-likeness (QED) is 0.473. The van der Waals surface area contributed by atoms with E-state index in [1.165, 1.54) is 6.07 Å². The van der Waals surface area contributed by atoms with Crippen LogP contribution in [0.5, 0.6) is 11.5 Å². The van der Waals surface area contributed by atoms with Crippen molar-refractivity contribution in [3.63, 3.8) is 0 Å². The summed E-state index contributed by atoms with van der Waals surface area (Å²) in [5.41, 5.74) is 0.777. The Hall–Kier alpha value is -3.27. The van der Waals surface area contributed by atoms with E-state index in [2.05, 4.69) is 15.4 Å². The second-order valence-corrected chi connectivity index (χ2v) is 7.68. The van der Waals surface area contributed by atoms with Crippen LogP contribution in [0.25, 0.3) is 0 Å². The van der Waals surface area contributed by atoms with Gasteiger partial charge in [-0.15, -0.1) is 13.2 Å². The van der Waals surface area contributed by atoms with Crippen LogP contribution in [0.15, 0.2) is 48.5 Å². The van der Waals surface area contributed by atoms with Gasteiger partial charge in [0.1, 0.15) is 17.5 Å². The Kier molecular flexibility index (Phi) is 8.16. The van der Waals surface area contributed by atoms with Crippen molar-refractivity contribution in [1.82, 2.24) is 10.6 Å². The second-order valence-electron chi connectivity index (χ2n) is 7.68. The Morgan fingerprint density at radius 3 is 2.48 bits per heavy atom. The summed E-state index contributed by atoms with van der Waals surface area (Å²) in [7, 11) is 0. The van der Waals surface area contributed by atoms with Crippen LogP contribution in [0.1, 0.15) is 28.8 Å². The molecular formula is C23H25F3N2O5. The topological polar surface area (TPSA) is 96.9 Å². The summed E-state index contributed by atoms with van der Waals surface area (Å²) >= 11 is 0. The van der Waals surface area contributed by atoms with Gasteiger partial charge in [-0.3, -0.25) is 9.59 Å². The zero-order valence-corrected chi connectivity index (χ0v) is 17.7. The number of aliphatic hydroxyl groups excluding tert-OH is 1. The summed E-state index contributed by atoms with van der Waals surface area (Å²) in [4.78, 5) is 25.3. The van der Waals surface area contributed by atoms with Crippen LogP contribution in [0.4, 0.5) is 13.2 Å². The molecule has 33 heavy (non-hydrogen) atoms. The number of hydrogen-bond acceptors (Lipinski definition) is 5. The molecule has 2 aromatic rings. The van der Waals surface area contributed by atoms with Gasteiger partial charge in [-0.1, -0.05) is 24.3 Å². The van der Waals surface area contributed by atoms with Crippen molar-refractivity contribution < 1.29 is 37.3 Å². The van der Waals surface area contributed by atoms with Gasteiger partial charge in [-0.25, -0.2) is 0 Å². The van der Waals surface area contributed by atoms with Crippen molar-refractivity contribution in [2.75, 3.05) is 19.8 Å². The standard InChI is InChI=1S/C23H25F3N2O5/c24-23(25,26)33-18-9-8-17(20(13-18)32-14-15-6-7-15)12-19(22(31)27-10-11-29)28-21(30)16-4-2-1-3-5-16/h1-5,8-9,13,15,19,29H,6-7,10-12,14H2,(H,27,31)(H,28,30). The summed E-state index contributed by atoms with van der Waals surface area (Å²) < 4.78 is 47.7. The maximum absolute atomic E-state index is 12.7. The number of alkyl halides is 3. The Morgan fingerprint density at radius 1 is 1.12 bits per heavy atom. The highest BCUT2D eigenvalue weighted by Gasteiger charge is 2.32. The number of carbonyl (C=O) groups excluding carboxylic acids is 2. The molecule has 3 N–H and O–H groups in total. The number of halogens is 3. The Morgan fingerprint density at radius 2 is 1.85 bits per heavy atom. The Labute approximate surface area is 188 Å². The Balaban J connectivity index is 1.82. The lowest BCUT2D eigenvalue weighted by Crippen LogP contribution is -2.48. The van der Waals surface area contributed by atoms with Crippen LogP contribution in [-0.4, -0.2) is 49.1 Å². The lowest BCUT2D eigenvalue weighted by atomic mass is 10.0. The SMILES string of the molecule is O=C(NC(Cc1ccc(OC(F)(F)F)cc1OCC1CC1)C(=O)NCCO)c1ccccc1. The summed E-state index contributed by atoms with van der Waals surface area (Å²) in [6.45, 7) is 0.0322. The van der Waals surface area contributed by atoms with Crippen LogP contribution in [0.3, 0.4) is 0 Å². The van der Waals surface area contributed by atoms with Gasteiger partial charge in [0.2, 0.25) is 5.91 Å². The number of ether oxygens (including phenoxy) is 2. The van der Waals surface area contributed by atoms with Crippen LogP contribution in [-0.2, 0) is 11.2 Å². The fraction of sp³-hybridized carbons (Fsp3) is 0.391. The summed E-state index contributed by atoms with van der Waals surface area (Å²) in [6, 6.07) is 10.9. The number of carbonyl (C=O) groups is 2. The molecule has 10 heteroatoms. The first-order valence-electron chi connectivity index (χ1n) is 10.5. The highest BCUT2D eigenvalue weighted by Crippen LogP contribution is 2.33. The molecule has 0 bridgehead atoms. The maximum Gasteiger partial charge on any atom is 0.573 e. The highest BCUT2D eigenvalue weighted by molar-refractivity contribution is 5.97. The fourth-order valence-electron chi connectivity index (χ4n) is 3.09. The molecule has 7 nitrogen and oxygen atoms in total. The van der Waals surface area contributed by atoms with Gasteiger partial charge in [0.25, 0.3) is 5.91 Å². The summed E-state index contributed by atoms with van der Waals surface area (Å²) in [5, 5.41) is 14.2. The van der Waals surface area contributed by atoms with Gasteiger partial charge in [0.15, 0.2) is 0 Å². The van der Waals surface area contributed by atoms with Crippen molar-refractivity contribution >= 4 is 11.8 Å². The summed E-state index contributed by atoms with van der Waals surface area (Å²) in [6.07, 6.45) is -2.94.